The zero-order valence-corrected chi connectivity index (χ0v) is 25.8. The fraction of sp³-hybridized carbons (Fsp3) is 0.200. The number of fused-ring (bicyclic) bond motifs is 2. The normalized spacial score (nSPS) is 12.2. The first-order valence-corrected chi connectivity index (χ1v) is 14.5. The molecule has 0 spiro atoms. The van der Waals surface area contributed by atoms with Crippen molar-refractivity contribution in [2.24, 2.45) is 5.10 Å². The summed E-state index contributed by atoms with van der Waals surface area (Å²) in [6.45, 7) is 5.58. The Hall–Kier alpha value is -3.86. The van der Waals surface area contributed by atoms with Gasteiger partial charge >= 0.3 is 5.97 Å². The van der Waals surface area contributed by atoms with Crippen molar-refractivity contribution in [1.29, 1.82) is 0 Å². The van der Waals surface area contributed by atoms with E-state index in [0.29, 0.717) is 43.9 Å². The quantitative estimate of drug-likeness (QED) is 0.118. The summed E-state index contributed by atoms with van der Waals surface area (Å²) >= 11 is 16.3. The summed E-state index contributed by atoms with van der Waals surface area (Å²) in [6.07, 6.45) is 0.509. The molecule has 216 valence electrons. The summed E-state index contributed by atoms with van der Waals surface area (Å²) in [5, 5.41) is 6.33. The van der Waals surface area contributed by atoms with Crippen molar-refractivity contribution in [3.05, 3.63) is 85.0 Å². The van der Waals surface area contributed by atoms with Crippen LogP contribution in [0.5, 0.6) is 11.5 Å². The first-order chi connectivity index (χ1) is 20.2. The van der Waals surface area contributed by atoms with Crippen LogP contribution in [0.2, 0.25) is 10.0 Å². The second-order valence-electron chi connectivity index (χ2n) is 8.97. The van der Waals surface area contributed by atoms with Gasteiger partial charge in [-0.05, 0) is 79.2 Å². The molecule has 0 saturated heterocycles. The smallest absolute Gasteiger partial charge is 0.347 e. The van der Waals surface area contributed by atoms with Gasteiger partial charge in [-0.1, -0.05) is 35.3 Å². The van der Waals surface area contributed by atoms with Gasteiger partial charge < -0.3 is 18.6 Å². The Labute approximate surface area is 258 Å². The van der Waals surface area contributed by atoms with Crippen molar-refractivity contribution >= 4 is 73.2 Å². The van der Waals surface area contributed by atoms with E-state index in [0.717, 1.165) is 10.1 Å². The van der Waals surface area contributed by atoms with Gasteiger partial charge in [0.25, 0.3) is 5.56 Å². The molecule has 0 aliphatic rings. The molecular weight excluding hydrogens is 649 g/mol. The number of furan rings is 1. The molecule has 0 amide bonds. The summed E-state index contributed by atoms with van der Waals surface area (Å²) in [5.74, 6) is 0.422. The van der Waals surface area contributed by atoms with E-state index in [1.165, 1.54) is 6.21 Å². The van der Waals surface area contributed by atoms with Crippen LogP contribution in [0.25, 0.3) is 33.5 Å². The molecule has 0 radical (unpaired) electrons. The second-order valence-corrected chi connectivity index (χ2v) is 10.6. The molecule has 0 fully saturated rings. The SMILES string of the molecule is CCOC(=O)[C@@H](C)Oc1c(OCC)cc(C=Nn2c(-c3cc4cc(Cl)ccc4o3)nc3ccccc3c2=O)c(Br)c1Cl. The van der Waals surface area contributed by atoms with Crippen molar-refractivity contribution in [2.45, 2.75) is 26.9 Å². The number of esters is 1. The van der Waals surface area contributed by atoms with E-state index in [1.807, 2.05) is 0 Å². The molecule has 2 heterocycles. The third kappa shape index (κ3) is 5.88. The molecule has 9 nitrogen and oxygen atoms in total. The van der Waals surface area contributed by atoms with Crippen LogP contribution in [0.1, 0.15) is 26.3 Å². The number of carbonyl (C=O) groups is 1. The van der Waals surface area contributed by atoms with Gasteiger partial charge in [-0.2, -0.15) is 9.78 Å². The van der Waals surface area contributed by atoms with E-state index in [1.54, 1.807) is 75.4 Å². The molecule has 2 aromatic heterocycles. The lowest BCUT2D eigenvalue weighted by molar-refractivity contribution is -0.150. The highest BCUT2D eigenvalue weighted by molar-refractivity contribution is 9.10. The molecule has 42 heavy (non-hydrogen) atoms. The maximum atomic E-state index is 13.6. The molecule has 5 aromatic rings. The number of aromatic nitrogens is 2. The van der Waals surface area contributed by atoms with Crippen LogP contribution in [-0.2, 0) is 9.53 Å². The molecule has 12 heteroatoms. The maximum absolute atomic E-state index is 13.6. The molecule has 0 aliphatic heterocycles. The van der Waals surface area contributed by atoms with Crippen LogP contribution in [0.15, 0.2) is 73.4 Å². The number of rotatable bonds is 9. The Kier molecular flexibility index (Phi) is 8.86. The Balaban J connectivity index is 1.63. The van der Waals surface area contributed by atoms with Crippen molar-refractivity contribution in [2.75, 3.05) is 13.2 Å². The summed E-state index contributed by atoms with van der Waals surface area (Å²) in [5.41, 5.74) is 1.14. The lowest BCUT2D eigenvalue weighted by Crippen LogP contribution is -2.26. The third-order valence-electron chi connectivity index (χ3n) is 6.13. The number of halogens is 3. The van der Waals surface area contributed by atoms with Gasteiger partial charge in [0.15, 0.2) is 23.4 Å². The maximum Gasteiger partial charge on any atom is 0.347 e. The lowest BCUT2D eigenvalue weighted by Gasteiger charge is -2.19. The minimum Gasteiger partial charge on any atom is -0.490 e. The van der Waals surface area contributed by atoms with E-state index in [-0.39, 0.29) is 29.0 Å². The van der Waals surface area contributed by atoms with Crippen molar-refractivity contribution < 1.29 is 23.4 Å². The van der Waals surface area contributed by atoms with Crippen LogP contribution in [0.3, 0.4) is 0 Å². The molecular formula is C30H24BrCl2N3O6. The number of hydrogen-bond donors (Lipinski definition) is 0. The van der Waals surface area contributed by atoms with Crippen LogP contribution in [-0.4, -0.2) is 41.2 Å². The predicted octanol–water partition coefficient (Wildman–Crippen LogP) is 7.49. The van der Waals surface area contributed by atoms with Gasteiger partial charge in [0, 0.05) is 20.4 Å². The van der Waals surface area contributed by atoms with Crippen LogP contribution in [0, 0.1) is 0 Å². The van der Waals surface area contributed by atoms with Crippen LogP contribution < -0.4 is 15.0 Å². The minimum absolute atomic E-state index is 0.150. The van der Waals surface area contributed by atoms with E-state index in [9.17, 15) is 9.59 Å². The van der Waals surface area contributed by atoms with Gasteiger partial charge in [0.2, 0.25) is 5.82 Å². The highest BCUT2D eigenvalue weighted by Gasteiger charge is 2.24. The Bertz CT molecular complexity index is 1900. The largest absolute Gasteiger partial charge is 0.490 e. The van der Waals surface area contributed by atoms with Gasteiger partial charge in [0.05, 0.1) is 30.3 Å². The number of carbonyl (C=O) groups excluding carboxylic acids is 1. The van der Waals surface area contributed by atoms with Gasteiger partial charge in [-0.3, -0.25) is 4.79 Å². The topological polar surface area (TPSA) is 105 Å². The van der Waals surface area contributed by atoms with Crippen molar-refractivity contribution in [3.8, 4) is 23.1 Å². The molecule has 0 bridgehead atoms. The van der Waals surface area contributed by atoms with Crippen LogP contribution >= 0.6 is 39.1 Å². The molecule has 5 rings (SSSR count). The molecule has 1 atom stereocenters. The van der Waals surface area contributed by atoms with Crippen LogP contribution in [0.4, 0.5) is 0 Å². The zero-order valence-electron chi connectivity index (χ0n) is 22.7. The Morgan fingerprint density at radius 1 is 1.14 bits per heavy atom. The summed E-state index contributed by atoms with van der Waals surface area (Å²) in [6, 6.07) is 15.6. The van der Waals surface area contributed by atoms with E-state index >= 15 is 0 Å². The molecule has 3 aromatic carbocycles. The Morgan fingerprint density at radius 3 is 2.69 bits per heavy atom. The number of hydrogen-bond acceptors (Lipinski definition) is 8. The molecule has 0 saturated carbocycles. The number of nitrogens with zero attached hydrogens (tertiary/aromatic N) is 3. The van der Waals surface area contributed by atoms with Crippen molar-refractivity contribution in [3.63, 3.8) is 0 Å². The molecule has 0 aliphatic carbocycles. The fourth-order valence-corrected chi connectivity index (χ4v) is 5.01. The summed E-state index contributed by atoms with van der Waals surface area (Å²) in [7, 11) is 0. The van der Waals surface area contributed by atoms with E-state index in [4.69, 9.17) is 46.8 Å². The molecule has 0 N–H and O–H groups in total. The average molecular weight is 673 g/mol. The highest BCUT2D eigenvalue weighted by atomic mass is 79.9. The number of ether oxygens (including phenoxy) is 3. The second kappa shape index (κ2) is 12.6. The monoisotopic (exact) mass is 671 g/mol. The zero-order chi connectivity index (χ0) is 30.0. The molecule has 0 unspecified atom stereocenters. The number of benzene rings is 3. The average Bonchev–Trinajstić information content (AvgIpc) is 3.40. The Morgan fingerprint density at radius 2 is 1.93 bits per heavy atom. The predicted molar refractivity (Wildman–Crippen MR) is 166 cm³/mol. The number of para-hydroxylation sites is 1. The lowest BCUT2D eigenvalue weighted by atomic mass is 10.2. The summed E-state index contributed by atoms with van der Waals surface area (Å²) in [4.78, 5) is 30.5. The summed E-state index contributed by atoms with van der Waals surface area (Å²) < 4.78 is 24.2. The first kappa shape index (κ1) is 29.6. The van der Waals surface area contributed by atoms with E-state index < -0.39 is 17.6 Å². The minimum atomic E-state index is -0.934. The van der Waals surface area contributed by atoms with Crippen molar-refractivity contribution in [1.82, 2.24) is 9.66 Å². The third-order valence-corrected chi connectivity index (χ3v) is 7.81. The standard InChI is InChI=1S/C30H24BrCl2N3O6/c1-4-39-23-14-18(25(31)26(33)27(23)41-16(3)30(38)40-5-2)15-34-36-28(35-21-9-7-6-8-20(21)29(36)37)24-13-17-12-19(32)10-11-22(17)42-24/h6-16H,4-5H2,1-3H3/t16-/m1/s1. The van der Waals surface area contributed by atoms with Gasteiger partial charge in [-0.25, -0.2) is 9.78 Å². The highest BCUT2D eigenvalue weighted by Crippen LogP contribution is 2.43. The first-order valence-electron chi connectivity index (χ1n) is 13.0. The van der Waals surface area contributed by atoms with Gasteiger partial charge in [-0.15, -0.1) is 0 Å². The van der Waals surface area contributed by atoms with E-state index in [2.05, 4.69) is 21.0 Å². The van der Waals surface area contributed by atoms with Gasteiger partial charge in [0.1, 0.15) is 10.6 Å². The fourth-order valence-electron chi connectivity index (χ4n) is 4.19.